The molecule has 2 aliphatic rings. The summed E-state index contributed by atoms with van der Waals surface area (Å²) < 4.78 is 18.1. The lowest BCUT2D eigenvalue weighted by Crippen LogP contribution is -2.42. The van der Waals surface area contributed by atoms with Crippen LogP contribution in [-0.2, 0) is 11.3 Å². The molecular formula is C24H25N3O5. The average molecular weight is 435 g/mol. The zero-order chi connectivity index (χ0) is 22.1. The number of carbonyl (C=O) groups is 1. The molecule has 2 heterocycles. The van der Waals surface area contributed by atoms with Gasteiger partial charge in [0, 0.05) is 17.5 Å². The van der Waals surface area contributed by atoms with Crippen LogP contribution < -0.4 is 25.1 Å². The van der Waals surface area contributed by atoms with Gasteiger partial charge in [-0.15, -0.1) is 0 Å². The van der Waals surface area contributed by atoms with E-state index in [0.717, 1.165) is 48.3 Å². The number of aromatic nitrogens is 2. The second-order valence-corrected chi connectivity index (χ2v) is 8.27. The predicted molar refractivity (Wildman–Crippen MR) is 118 cm³/mol. The summed E-state index contributed by atoms with van der Waals surface area (Å²) in [6, 6.07) is 13.0. The molecule has 0 spiro atoms. The Morgan fingerprint density at radius 2 is 1.84 bits per heavy atom. The third-order valence-electron chi connectivity index (χ3n) is 6.03. The number of aryl methyl sites for hydroxylation is 1. The maximum atomic E-state index is 12.7. The third kappa shape index (κ3) is 4.12. The van der Waals surface area contributed by atoms with E-state index >= 15 is 0 Å². The van der Waals surface area contributed by atoms with Crippen LogP contribution in [0.25, 0.3) is 10.8 Å². The van der Waals surface area contributed by atoms with Gasteiger partial charge in [-0.25, -0.2) is 4.68 Å². The normalized spacial score (nSPS) is 19.7. The van der Waals surface area contributed by atoms with Crippen molar-refractivity contribution in [1.82, 2.24) is 15.1 Å². The number of carbonyl (C=O) groups excluding carboxylic acids is 1. The Bertz CT molecular complexity index is 1210. The van der Waals surface area contributed by atoms with E-state index in [0.29, 0.717) is 11.1 Å². The summed E-state index contributed by atoms with van der Waals surface area (Å²) in [5, 5.41) is 8.76. The maximum Gasteiger partial charge on any atom is 0.275 e. The summed E-state index contributed by atoms with van der Waals surface area (Å²) in [4.78, 5) is 25.3. The molecule has 5 rings (SSSR count). The standard InChI is InChI=1S/C24H25N3O5/c1-15-19-4-2-3-5-20(19)24(29)27(26-15)13-23(28)25-16-6-8-17(9-7-16)32-18-10-11-21-22(12-18)31-14-30-21/h2-5,10-12,16-17H,6-9,13-14H2,1H3,(H,25,28). The van der Waals surface area contributed by atoms with Crippen LogP contribution in [0.2, 0.25) is 0 Å². The zero-order valence-corrected chi connectivity index (χ0v) is 17.9. The van der Waals surface area contributed by atoms with Crippen LogP contribution >= 0.6 is 0 Å². The van der Waals surface area contributed by atoms with E-state index in [1.54, 1.807) is 6.07 Å². The van der Waals surface area contributed by atoms with E-state index in [1.165, 1.54) is 4.68 Å². The van der Waals surface area contributed by atoms with Crippen molar-refractivity contribution in [2.75, 3.05) is 6.79 Å². The first-order valence-corrected chi connectivity index (χ1v) is 10.9. The molecule has 1 N–H and O–H groups in total. The number of amides is 1. The monoisotopic (exact) mass is 435 g/mol. The third-order valence-corrected chi connectivity index (χ3v) is 6.03. The van der Waals surface area contributed by atoms with Crippen molar-refractivity contribution in [2.24, 2.45) is 0 Å². The smallest absolute Gasteiger partial charge is 0.275 e. The van der Waals surface area contributed by atoms with Crippen molar-refractivity contribution >= 4 is 16.7 Å². The molecule has 8 nitrogen and oxygen atoms in total. The Kier molecular flexibility index (Phi) is 5.43. The zero-order valence-electron chi connectivity index (χ0n) is 17.9. The summed E-state index contributed by atoms with van der Waals surface area (Å²) in [5.41, 5.74) is 0.483. The van der Waals surface area contributed by atoms with Crippen LogP contribution in [-0.4, -0.2) is 34.6 Å². The van der Waals surface area contributed by atoms with Gasteiger partial charge in [0.2, 0.25) is 12.7 Å². The molecule has 8 heteroatoms. The van der Waals surface area contributed by atoms with Gasteiger partial charge in [0.1, 0.15) is 12.3 Å². The summed E-state index contributed by atoms with van der Waals surface area (Å²) in [5.74, 6) is 2.00. The highest BCUT2D eigenvalue weighted by atomic mass is 16.7. The average Bonchev–Trinajstić information content (AvgIpc) is 3.26. The van der Waals surface area contributed by atoms with E-state index in [4.69, 9.17) is 14.2 Å². The predicted octanol–water partition coefficient (Wildman–Crippen LogP) is 2.94. The van der Waals surface area contributed by atoms with Gasteiger partial charge in [0.15, 0.2) is 11.5 Å². The Hall–Kier alpha value is -3.55. The highest BCUT2D eigenvalue weighted by Gasteiger charge is 2.25. The highest BCUT2D eigenvalue weighted by Crippen LogP contribution is 2.36. The van der Waals surface area contributed by atoms with E-state index in [9.17, 15) is 9.59 Å². The van der Waals surface area contributed by atoms with Crippen molar-refractivity contribution in [3.05, 3.63) is 58.5 Å². The molecule has 32 heavy (non-hydrogen) atoms. The number of hydrogen-bond donors (Lipinski definition) is 1. The maximum absolute atomic E-state index is 12.7. The summed E-state index contributed by atoms with van der Waals surface area (Å²) in [6.45, 7) is 2.00. The molecule has 3 aromatic rings. The fourth-order valence-corrected chi connectivity index (χ4v) is 4.39. The Morgan fingerprint density at radius 1 is 1.09 bits per heavy atom. The lowest BCUT2D eigenvalue weighted by atomic mass is 9.93. The number of ether oxygens (including phenoxy) is 3. The van der Waals surface area contributed by atoms with E-state index in [1.807, 2.05) is 43.3 Å². The highest BCUT2D eigenvalue weighted by molar-refractivity contribution is 5.83. The summed E-state index contributed by atoms with van der Waals surface area (Å²) >= 11 is 0. The number of fused-ring (bicyclic) bond motifs is 2. The van der Waals surface area contributed by atoms with Crippen molar-refractivity contribution in [3.63, 3.8) is 0 Å². The molecule has 0 bridgehead atoms. The molecule has 0 saturated heterocycles. The fourth-order valence-electron chi connectivity index (χ4n) is 4.39. The number of nitrogens with zero attached hydrogens (tertiary/aromatic N) is 2. The van der Waals surface area contributed by atoms with Crippen LogP contribution in [0.15, 0.2) is 47.3 Å². The van der Waals surface area contributed by atoms with E-state index in [-0.39, 0.29) is 36.9 Å². The topological polar surface area (TPSA) is 91.7 Å². The minimum absolute atomic E-state index is 0.0661. The van der Waals surface area contributed by atoms with Gasteiger partial charge in [-0.2, -0.15) is 5.10 Å². The molecule has 0 atom stereocenters. The first-order chi connectivity index (χ1) is 15.6. The van der Waals surface area contributed by atoms with E-state index < -0.39 is 0 Å². The lowest BCUT2D eigenvalue weighted by molar-refractivity contribution is -0.123. The Labute approximate surface area is 185 Å². The molecule has 0 radical (unpaired) electrons. The Morgan fingerprint density at radius 3 is 2.66 bits per heavy atom. The number of nitrogens with one attached hydrogen (secondary N) is 1. The molecule has 1 aliphatic carbocycles. The van der Waals surface area contributed by atoms with Gasteiger partial charge in [0.25, 0.3) is 5.56 Å². The first kappa shape index (κ1) is 20.4. The van der Waals surface area contributed by atoms with Crippen molar-refractivity contribution in [2.45, 2.75) is 51.3 Å². The quantitative estimate of drug-likeness (QED) is 0.663. The van der Waals surface area contributed by atoms with Crippen molar-refractivity contribution < 1.29 is 19.0 Å². The minimum Gasteiger partial charge on any atom is -0.490 e. The molecule has 1 fully saturated rings. The summed E-state index contributed by atoms with van der Waals surface area (Å²) in [7, 11) is 0. The van der Waals surface area contributed by atoms with Gasteiger partial charge in [-0.3, -0.25) is 9.59 Å². The molecule has 1 amide bonds. The van der Waals surface area contributed by atoms with Crippen LogP contribution in [0, 0.1) is 6.92 Å². The van der Waals surface area contributed by atoms with Crippen LogP contribution in [0.5, 0.6) is 17.2 Å². The van der Waals surface area contributed by atoms with Gasteiger partial charge in [-0.1, -0.05) is 18.2 Å². The molecule has 2 aromatic carbocycles. The largest absolute Gasteiger partial charge is 0.490 e. The van der Waals surface area contributed by atoms with Crippen molar-refractivity contribution in [3.8, 4) is 17.2 Å². The van der Waals surface area contributed by atoms with Crippen LogP contribution in [0.1, 0.15) is 31.4 Å². The van der Waals surface area contributed by atoms with Gasteiger partial charge in [-0.05, 0) is 50.8 Å². The van der Waals surface area contributed by atoms with Crippen LogP contribution in [0.4, 0.5) is 0 Å². The first-order valence-electron chi connectivity index (χ1n) is 10.9. The molecule has 1 aliphatic heterocycles. The number of rotatable bonds is 5. The van der Waals surface area contributed by atoms with Gasteiger partial charge >= 0.3 is 0 Å². The molecule has 1 saturated carbocycles. The molecule has 166 valence electrons. The lowest BCUT2D eigenvalue weighted by Gasteiger charge is -2.29. The Balaban J connectivity index is 1.15. The second kappa shape index (κ2) is 8.53. The number of hydrogen-bond acceptors (Lipinski definition) is 6. The second-order valence-electron chi connectivity index (χ2n) is 8.27. The minimum atomic E-state index is -0.248. The van der Waals surface area contributed by atoms with Crippen LogP contribution in [0.3, 0.4) is 0 Å². The molecular weight excluding hydrogens is 410 g/mol. The van der Waals surface area contributed by atoms with Gasteiger partial charge < -0.3 is 19.5 Å². The van der Waals surface area contributed by atoms with E-state index in [2.05, 4.69) is 10.4 Å². The fraction of sp³-hybridized carbons (Fsp3) is 0.375. The number of benzene rings is 2. The van der Waals surface area contributed by atoms with Crippen molar-refractivity contribution in [1.29, 1.82) is 0 Å². The van der Waals surface area contributed by atoms with Gasteiger partial charge in [0.05, 0.1) is 17.2 Å². The molecule has 1 aromatic heterocycles. The SMILES string of the molecule is Cc1nn(CC(=O)NC2CCC(Oc3ccc4c(c3)OCO4)CC2)c(=O)c2ccccc12. The summed E-state index contributed by atoms with van der Waals surface area (Å²) in [6.07, 6.45) is 3.41. The molecule has 0 unspecified atom stereocenters.